The van der Waals surface area contributed by atoms with E-state index in [4.69, 9.17) is 4.74 Å². The molecule has 190 valence electrons. The van der Waals surface area contributed by atoms with Gasteiger partial charge in [-0.25, -0.2) is 4.79 Å². The molecule has 2 heterocycles. The molecule has 3 aromatic rings. The lowest BCUT2D eigenvalue weighted by Gasteiger charge is -2.29. The number of nitrogens with zero attached hydrogens (tertiary/aromatic N) is 2. The summed E-state index contributed by atoms with van der Waals surface area (Å²) in [6, 6.07) is 21.7. The Bertz CT molecular complexity index is 1140. The Morgan fingerprint density at radius 2 is 1.78 bits per heavy atom. The van der Waals surface area contributed by atoms with Crippen LogP contribution in [-0.2, 0) is 29.0 Å². The van der Waals surface area contributed by atoms with E-state index >= 15 is 0 Å². The van der Waals surface area contributed by atoms with Gasteiger partial charge in [-0.15, -0.1) is 11.3 Å². The zero-order valence-corrected chi connectivity index (χ0v) is 21.9. The standard InChI is InChI=1S/C29H35N3O3S/c1-3-24-12-7-8-14-27(24)30-29(34)32(19-25-13-9-17-35-25)21-28(33)31(18-23-10-5-4-6-11-23)20-26-16-15-22(2)36-26/h4-8,10-12,14-16,25H,3,9,13,17-21H2,1-2H3,(H,30,34). The van der Waals surface area contributed by atoms with Crippen LogP contribution in [0.5, 0.6) is 0 Å². The number of aryl methyl sites for hydroxylation is 2. The van der Waals surface area contributed by atoms with Crippen LogP contribution in [0.2, 0.25) is 0 Å². The largest absolute Gasteiger partial charge is 0.376 e. The van der Waals surface area contributed by atoms with Crippen LogP contribution < -0.4 is 5.32 Å². The lowest BCUT2D eigenvalue weighted by atomic mass is 10.1. The van der Waals surface area contributed by atoms with E-state index in [1.54, 1.807) is 16.2 Å². The van der Waals surface area contributed by atoms with Crippen molar-refractivity contribution in [3.63, 3.8) is 0 Å². The summed E-state index contributed by atoms with van der Waals surface area (Å²) in [5, 5.41) is 3.05. The average molecular weight is 506 g/mol. The lowest BCUT2D eigenvalue weighted by Crippen LogP contribution is -2.46. The van der Waals surface area contributed by atoms with Gasteiger partial charge in [-0.3, -0.25) is 4.79 Å². The number of amides is 3. The van der Waals surface area contributed by atoms with Gasteiger partial charge in [0.25, 0.3) is 0 Å². The summed E-state index contributed by atoms with van der Waals surface area (Å²) in [5.41, 5.74) is 2.91. The predicted molar refractivity (Wildman–Crippen MR) is 145 cm³/mol. The van der Waals surface area contributed by atoms with Crippen molar-refractivity contribution in [3.8, 4) is 0 Å². The highest BCUT2D eigenvalue weighted by Crippen LogP contribution is 2.21. The third-order valence-corrected chi connectivity index (χ3v) is 7.40. The van der Waals surface area contributed by atoms with Crippen molar-refractivity contribution in [1.29, 1.82) is 0 Å². The molecule has 0 radical (unpaired) electrons. The van der Waals surface area contributed by atoms with E-state index in [1.165, 1.54) is 4.88 Å². The number of rotatable bonds is 10. The highest BCUT2D eigenvalue weighted by molar-refractivity contribution is 7.11. The Morgan fingerprint density at radius 1 is 1.00 bits per heavy atom. The molecule has 7 heteroatoms. The van der Waals surface area contributed by atoms with E-state index in [0.717, 1.165) is 41.0 Å². The fourth-order valence-corrected chi connectivity index (χ4v) is 5.36. The minimum atomic E-state index is -0.272. The number of para-hydroxylation sites is 1. The summed E-state index contributed by atoms with van der Waals surface area (Å²) < 4.78 is 5.82. The number of urea groups is 1. The first-order valence-electron chi connectivity index (χ1n) is 12.6. The third-order valence-electron chi connectivity index (χ3n) is 6.41. The molecule has 0 aliphatic carbocycles. The molecule has 1 atom stereocenters. The van der Waals surface area contributed by atoms with Crippen LogP contribution >= 0.6 is 11.3 Å². The molecule has 1 aromatic heterocycles. The fraction of sp³-hybridized carbons (Fsp3) is 0.379. The molecule has 2 aromatic carbocycles. The molecule has 1 N–H and O–H groups in total. The smallest absolute Gasteiger partial charge is 0.322 e. The van der Waals surface area contributed by atoms with Gasteiger partial charge < -0.3 is 19.9 Å². The van der Waals surface area contributed by atoms with Crippen molar-refractivity contribution < 1.29 is 14.3 Å². The van der Waals surface area contributed by atoms with Gasteiger partial charge >= 0.3 is 6.03 Å². The van der Waals surface area contributed by atoms with Crippen molar-refractivity contribution in [2.45, 2.75) is 52.3 Å². The van der Waals surface area contributed by atoms with Gasteiger partial charge in [-0.2, -0.15) is 0 Å². The van der Waals surface area contributed by atoms with Gasteiger partial charge in [0.05, 0.1) is 12.6 Å². The topological polar surface area (TPSA) is 61.9 Å². The SMILES string of the molecule is CCc1ccccc1NC(=O)N(CC(=O)N(Cc1ccccc1)Cc1ccc(C)s1)CC1CCCO1. The molecule has 0 saturated carbocycles. The molecular weight excluding hydrogens is 470 g/mol. The van der Waals surface area contributed by atoms with Crippen molar-refractivity contribution in [2.75, 3.05) is 25.0 Å². The Kier molecular flexibility index (Phi) is 9.14. The van der Waals surface area contributed by atoms with E-state index in [2.05, 4.69) is 31.3 Å². The zero-order chi connectivity index (χ0) is 25.3. The van der Waals surface area contributed by atoms with Crippen molar-refractivity contribution in [2.24, 2.45) is 0 Å². The number of benzene rings is 2. The summed E-state index contributed by atoms with van der Waals surface area (Å²) in [7, 11) is 0. The first kappa shape index (κ1) is 25.9. The molecule has 1 aliphatic rings. The fourth-order valence-electron chi connectivity index (χ4n) is 4.46. The Morgan fingerprint density at radius 3 is 2.47 bits per heavy atom. The number of anilines is 1. The van der Waals surface area contributed by atoms with Gasteiger partial charge in [0.1, 0.15) is 6.54 Å². The Balaban J connectivity index is 1.52. The van der Waals surface area contributed by atoms with E-state index < -0.39 is 0 Å². The van der Waals surface area contributed by atoms with Gasteiger partial charge in [0.15, 0.2) is 0 Å². The molecule has 36 heavy (non-hydrogen) atoms. The van der Waals surface area contributed by atoms with Gasteiger partial charge in [0.2, 0.25) is 5.91 Å². The van der Waals surface area contributed by atoms with Gasteiger partial charge in [0, 0.05) is 35.1 Å². The van der Waals surface area contributed by atoms with Crippen LogP contribution in [-0.4, -0.2) is 47.5 Å². The maximum absolute atomic E-state index is 13.7. The highest BCUT2D eigenvalue weighted by Gasteiger charge is 2.27. The summed E-state index contributed by atoms with van der Waals surface area (Å²) >= 11 is 1.69. The van der Waals surface area contributed by atoms with E-state index in [-0.39, 0.29) is 24.6 Å². The summed E-state index contributed by atoms with van der Waals surface area (Å²) in [6.45, 7) is 6.22. The number of ether oxygens (including phenoxy) is 1. The number of thiophene rings is 1. The van der Waals surface area contributed by atoms with Gasteiger partial charge in [-0.05, 0) is 55.5 Å². The number of hydrogen-bond donors (Lipinski definition) is 1. The number of nitrogens with one attached hydrogen (secondary N) is 1. The second-order valence-corrected chi connectivity index (χ2v) is 10.6. The molecule has 1 unspecified atom stereocenters. The molecule has 3 amide bonds. The van der Waals surface area contributed by atoms with Crippen LogP contribution in [0.3, 0.4) is 0 Å². The van der Waals surface area contributed by atoms with E-state index in [1.807, 2.05) is 59.5 Å². The number of hydrogen-bond acceptors (Lipinski definition) is 4. The third kappa shape index (κ3) is 7.18. The van der Waals surface area contributed by atoms with Crippen LogP contribution in [0.25, 0.3) is 0 Å². The van der Waals surface area contributed by atoms with Crippen LogP contribution in [0.1, 0.15) is 40.6 Å². The average Bonchev–Trinajstić information content (AvgIpc) is 3.55. The Hall–Kier alpha value is -3.16. The number of carbonyl (C=O) groups is 2. The zero-order valence-electron chi connectivity index (χ0n) is 21.1. The second kappa shape index (κ2) is 12.7. The maximum atomic E-state index is 13.7. The summed E-state index contributed by atoms with van der Waals surface area (Å²) in [6.07, 6.45) is 2.63. The Labute approximate surface area is 217 Å². The van der Waals surface area contributed by atoms with Crippen LogP contribution in [0.4, 0.5) is 10.5 Å². The summed E-state index contributed by atoms with van der Waals surface area (Å²) in [4.78, 5) is 32.9. The first-order chi connectivity index (χ1) is 17.5. The molecule has 4 rings (SSSR count). The van der Waals surface area contributed by atoms with E-state index in [9.17, 15) is 9.59 Å². The molecule has 1 aliphatic heterocycles. The lowest BCUT2D eigenvalue weighted by molar-refractivity contribution is -0.133. The molecule has 0 spiro atoms. The maximum Gasteiger partial charge on any atom is 0.322 e. The molecule has 1 fully saturated rings. The minimum absolute atomic E-state index is 0.00280. The normalized spacial score (nSPS) is 15.0. The highest BCUT2D eigenvalue weighted by atomic mass is 32.1. The van der Waals surface area contributed by atoms with Crippen molar-refractivity contribution >= 4 is 29.0 Å². The summed E-state index contributed by atoms with van der Waals surface area (Å²) in [5.74, 6) is -0.0816. The minimum Gasteiger partial charge on any atom is -0.376 e. The number of carbonyl (C=O) groups excluding carboxylic acids is 2. The van der Waals surface area contributed by atoms with Gasteiger partial charge in [-0.1, -0.05) is 55.5 Å². The molecule has 0 bridgehead atoms. The monoisotopic (exact) mass is 505 g/mol. The quantitative estimate of drug-likeness (QED) is 0.375. The predicted octanol–water partition coefficient (Wildman–Crippen LogP) is 5.86. The van der Waals surface area contributed by atoms with Crippen molar-refractivity contribution in [1.82, 2.24) is 9.80 Å². The first-order valence-corrected chi connectivity index (χ1v) is 13.5. The van der Waals surface area contributed by atoms with Crippen LogP contribution in [0, 0.1) is 6.92 Å². The molecule has 6 nitrogen and oxygen atoms in total. The molecular formula is C29H35N3O3S. The van der Waals surface area contributed by atoms with E-state index in [0.29, 0.717) is 26.2 Å². The van der Waals surface area contributed by atoms with Crippen LogP contribution in [0.15, 0.2) is 66.7 Å². The second-order valence-electron chi connectivity index (χ2n) is 9.20. The molecule has 1 saturated heterocycles. The van der Waals surface area contributed by atoms with Crippen molar-refractivity contribution in [3.05, 3.63) is 87.6 Å².